The molecule has 0 aliphatic rings. The monoisotopic (exact) mass is 423 g/mol. The highest BCUT2D eigenvalue weighted by molar-refractivity contribution is 7.99. The van der Waals surface area contributed by atoms with Gasteiger partial charge in [0.2, 0.25) is 0 Å². The van der Waals surface area contributed by atoms with Crippen LogP contribution in [-0.4, -0.2) is 30.6 Å². The number of ether oxygens (including phenoxy) is 1. The third-order valence-electron chi connectivity index (χ3n) is 4.12. The molecule has 0 fully saturated rings. The summed E-state index contributed by atoms with van der Waals surface area (Å²) in [7, 11) is 0. The van der Waals surface area contributed by atoms with Crippen molar-refractivity contribution < 1.29 is 9.53 Å². The van der Waals surface area contributed by atoms with Gasteiger partial charge < -0.3 is 10.1 Å². The minimum Gasteiger partial charge on any atom is -0.493 e. The average molecular weight is 424 g/mol. The number of amides is 1. The van der Waals surface area contributed by atoms with Crippen molar-refractivity contribution in [3.05, 3.63) is 96.1 Å². The fourth-order valence-corrected chi connectivity index (χ4v) is 4.21. The Hall–Kier alpha value is -2.37. The molecule has 1 N–H and O–H groups in total. The highest BCUT2D eigenvalue weighted by atomic mass is 32.2. The normalized spacial score (nSPS) is 10.5. The number of carbonyl (C=O) groups excluding carboxylic acids is 1. The molecule has 3 rings (SSSR count). The third-order valence-corrected chi connectivity index (χ3v) is 6.13. The Morgan fingerprint density at radius 1 is 0.828 bits per heavy atom. The zero-order valence-electron chi connectivity index (χ0n) is 16.3. The number of hydrogen-bond donors (Lipinski definition) is 1. The van der Waals surface area contributed by atoms with E-state index in [2.05, 4.69) is 29.6 Å². The molecule has 1 amide bonds. The van der Waals surface area contributed by atoms with Crippen molar-refractivity contribution in [3.8, 4) is 5.75 Å². The number of benzene rings is 3. The second kappa shape index (κ2) is 12.2. The van der Waals surface area contributed by atoms with Gasteiger partial charge in [-0.3, -0.25) is 4.79 Å². The van der Waals surface area contributed by atoms with Crippen LogP contribution in [0.15, 0.2) is 89.8 Å². The van der Waals surface area contributed by atoms with E-state index in [1.165, 1.54) is 10.5 Å². The first kappa shape index (κ1) is 21.3. The van der Waals surface area contributed by atoms with Crippen molar-refractivity contribution in [1.29, 1.82) is 0 Å². The lowest BCUT2D eigenvalue weighted by Crippen LogP contribution is -2.25. The van der Waals surface area contributed by atoms with Crippen molar-refractivity contribution in [2.24, 2.45) is 0 Å². The van der Waals surface area contributed by atoms with Gasteiger partial charge in [0.05, 0.1) is 6.61 Å². The second-order valence-electron chi connectivity index (χ2n) is 6.33. The second-order valence-corrected chi connectivity index (χ2v) is 8.60. The molecule has 29 heavy (non-hydrogen) atoms. The first-order valence-electron chi connectivity index (χ1n) is 9.62. The van der Waals surface area contributed by atoms with Gasteiger partial charge in [-0.25, -0.2) is 0 Å². The summed E-state index contributed by atoms with van der Waals surface area (Å²) in [4.78, 5) is 13.5. The van der Waals surface area contributed by atoms with Gasteiger partial charge in [-0.2, -0.15) is 11.8 Å². The van der Waals surface area contributed by atoms with Gasteiger partial charge in [0.1, 0.15) is 5.75 Å². The Labute approximate surface area is 181 Å². The van der Waals surface area contributed by atoms with E-state index < -0.39 is 0 Å². The van der Waals surface area contributed by atoms with Gasteiger partial charge in [-0.15, -0.1) is 11.8 Å². The van der Waals surface area contributed by atoms with Crippen LogP contribution in [0.3, 0.4) is 0 Å². The first-order valence-corrected chi connectivity index (χ1v) is 11.8. The fraction of sp³-hybridized carbons (Fsp3) is 0.208. The standard InChI is InChI=1S/C24H25NO2S2/c26-24(25-15-17-28-19-20-7-3-1-4-8-20)21-11-13-22(14-12-21)27-16-18-29-23-9-5-2-6-10-23/h1-14H,15-19H2,(H,25,26). The molecule has 5 heteroatoms. The summed E-state index contributed by atoms with van der Waals surface area (Å²) < 4.78 is 5.76. The predicted octanol–water partition coefficient (Wildman–Crippen LogP) is 5.52. The van der Waals surface area contributed by atoms with E-state index in [0.717, 1.165) is 23.0 Å². The van der Waals surface area contributed by atoms with Crippen LogP contribution in [-0.2, 0) is 5.75 Å². The van der Waals surface area contributed by atoms with Crippen LogP contribution < -0.4 is 10.1 Å². The number of hydrogen-bond acceptors (Lipinski definition) is 4. The molecule has 0 saturated heterocycles. The predicted molar refractivity (Wildman–Crippen MR) is 124 cm³/mol. The van der Waals surface area contributed by atoms with E-state index in [-0.39, 0.29) is 5.91 Å². The van der Waals surface area contributed by atoms with Crippen LogP contribution in [0, 0.1) is 0 Å². The fourth-order valence-electron chi connectivity index (χ4n) is 2.64. The lowest BCUT2D eigenvalue weighted by atomic mass is 10.2. The Morgan fingerprint density at radius 2 is 1.52 bits per heavy atom. The van der Waals surface area contributed by atoms with Gasteiger partial charge >= 0.3 is 0 Å². The maximum Gasteiger partial charge on any atom is 0.251 e. The van der Waals surface area contributed by atoms with E-state index in [0.29, 0.717) is 18.7 Å². The highest BCUT2D eigenvalue weighted by Crippen LogP contribution is 2.18. The van der Waals surface area contributed by atoms with E-state index in [1.54, 1.807) is 11.8 Å². The lowest BCUT2D eigenvalue weighted by Gasteiger charge is -2.08. The summed E-state index contributed by atoms with van der Waals surface area (Å²) >= 11 is 3.59. The molecule has 3 aromatic carbocycles. The van der Waals surface area contributed by atoms with Crippen LogP contribution in [0.4, 0.5) is 0 Å². The smallest absolute Gasteiger partial charge is 0.251 e. The van der Waals surface area contributed by atoms with Crippen molar-refractivity contribution in [1.82, 2.24) is 5.32 Å². The summed E-state index contributed by atoms with van der Waals surface area (Å²) in [6.45, 7) is 1.29. The summed E-state index contributed by atoms with van der Waals surface area (Å²) in [6.07, 6.45) is 0. The molecular formula is C24H25NO2S2. The van der Waals surface area contributed by atoms with Gasteiger partial charge in [-0.1, -0.05) is 48.5 Å². The summed E-state index contributed by atoms with van der Waals surface area (Å²) in [5.74, 6) is 3.48. The minimum atomic E-state index is -0.0449. The van der Waals surface area contributed by atoms with Crippen LogP contribution in [0.1, 0.15) is 15.9 Å². The molecule has 0 aromatic heterocycles. The zero-order valence-corrected chi connectivity index (χ0v) is 17.9. The summed E-state index contributed by atoms with van der Waals surface area (Å²) in [6, 6.07) is 28.0. The van der Waals surface area contributed by atoms with E-state index in [9.17, 15) is 4.79 Å². The topological polar surface area (TPSA) is 38.3 Å². The molecule has 0 atom stereocenters. The number of carbonyl (C=O) groups is 1. The van der Waals surface area contributed by atoms with Crippen LogP contribution in [0.5, 0.6) is 5.75 Å². The molecule has 0 radical (unpaired) electrons. The third kappa shape index (κ3) is 7.87. The van der Waals surface area contributed by atoms with Crippen molar-refractivity contribution in [2.45, 2.75) is 10.6 Å². The Bertz CT molecular complexity index is 855. The summed E-state index contributed by atoms with van der Waals surface area (Å²) in [5, 5.41) is 2.97. The number of nitrogens with one attached hydrogen (secondary N) is 1. The molecule has 150 valence electrons. The van der Waals surface area contributed by atoms with Crippen LogP contribution in [0.2, 0.25) is 0 Å². The Kier molecular flexibility index (Phi) is 9.01. The first-order chi connectivity index (χ1) is 14.3. The lowest BCUT2D eigenvalue weighted by molar-refractivity contribution is 0.0956. The maximum atomic E-state index is 12.2. The molecule has 0 aliphatic carbocycles. The largest absolute Gasteiger partial charge is 0.493 e. The molecule has 0 aliphatic heterocycles. The van der Waals surface area contributed by atoms with Crippen LogP contribution in [0.25, 0.3) is 0 Å². The molecular weight excluding hydrogens is 398 g/mol. The average Bonchev–Trinajstić information content (AvgIpc) is 2.78. The molecule has 0 saturated carbocycles. The van der Waals surface area contributed by atoms with Crippen molar-refractivity contribution in [2.75, 3.05) is 24.7 Å². The SMILES string of the molecule is O=C(NCCSCc1ccccc1)c1ccc(OCCSc2ccccc2)cc1. The van der Waals surface area contributed by atoms with E-state index >= 15 is 0 Å². The van der Waals surface area contributed by atoms with Gasteiger partial charge in [-0.05, 0) is 42.0 Å². The molecule has 0 heterocycles. The number of thioether (sulfide) groups is 2. The molecule has 3 nitrogen and oxygen atoms in total. The van der Waals surface area contributed by atoms with Gasteiger partial charge in [0.15, 0.2) is 0 Å². The molecule has 0 spiro atoms. The van der Waals surface area contributed by atoms with E-state index in [1.807, 2.05) is 72.4 Å². The Morgan fingerprint density at radius 3 is 2.24 bits per heavy atom. The molecule has 0 unspecified atom stereocenters. The van der Waals surface area contributed by atoms with E-state index in [4.69, 9.17) is 4.74 Å². The number of rotatable bonds is 11. The quantitative estimate of drug-likeness (QED) is 0.325. The summed E-state index contributed by atoms with van der Waals surface area (Å²) in [5.41, 5.74) is 1.96. The molecule has 0 bridgehead atoms. The molecule has 3 aromatic rings. The van der Waals surface area contributed by atoms with Crippen molar-refractivity contribution >= 4 is 29.4 Å². The Balaban J connectivity index is 1.31. The van der Waals surface area contributed by atoms with Gasteiger partial charge in [0, 0.05) is 34.3 Å². The highest BCUT2D eigenvalue weighted by Gasteiger charge is 2.05. The van der Waals surface area contributed by atoms with Gasteiger partial charge in [0.25, 0.3) is 5.91 Å². The van der Waals surface area contributed by atoms with Crippen LogP contribution >= 0.6 is 23.5 Å². The minimum absolute atomic E-state index is 0.0449. The van der Waals surface area contributed by atoms with Crippen molar-refractivity contribution in [3.63, 3.8) is 0 Å². The maximum absolute atomic E-state index is 12.2. The zero-order chi connectivity index (χ0) is 20.2.